The van der Waals surface area contributed by atoms with E-state index in [0.29, 0.717) is 0 Å². The normalized spacial score (nSPS) is 13.8. The third-order valence-corrected chi connectivity index (χ3v) is 11.1. The predicted molar refractivity (Wildman–Crippen MR) is 242 cm³/mol. The van der Waals surface area contributed by atoms with Gasteiger partial charge >= 0.3 is 0 Å². The summed E-state index contributed by atoms with van der Waals surface area (Å²) < 4.78 is 17.8. The van der Waals surface area contributed by atoms with E-state index >= 15 is 0 Å². The minimum atomic E-state index is -0.288. The second-order valence-corrected chi connectivity index (χ2v) is 19.9. The number of hydrogen-bond donors (Lipinski definition) is 0. The van der Waals surface area contributed by atoms with Crippen molar-refractivity contribution >= 4 is 21.8 Å². The Labute approximate surface area is 341 Å². The monoisotopic (exact) mass is 755 g/mol. The number of aromatic nitrogens is 1. The Bertz CT molecular complexity index is 2500. The summed E-state index contributed by atoms with van der Waals surface area (Å²) in [7, 11) is 0. The van der Waals surface area contributed by atoms with Gasteiger partial charge in [0.1, 0.15) is 12.2 Å². The molecule has 294 valence electrons. The van der Waals surface area contributed by atoms with Crippen LogP contribution in [0.25, 0.3) is 38.6 Å². The molecule has 0 saturated heterocycles. The third kappa shape index (κ3) is 7.87. The average Bonchev–Trinajstić information content (AvgIpc) is 3.48. The Balaban J connectivity index is 1.72. The number of rotatable bonds is 8. The first-order chi connectivity index (χ1) is 26.9. The summed E-state index contributed by atoms with van der Waals surface area (Å²) in [6, 6.07) is 50.3. The topological polar surface area (TPSA) is 23.4 Å². The molecule has 0 fully saturated rings. The van der Waals surface area contributed by atoms with Crippen LogP contribution in [0.15, 0.2) is 140 Å². The number of para-hydroxylation sites is 2. The fourth-order valence-corrected chi connectivity index (χ4v) is 8.44. The van der Waals surface area contributed by atoms with Crippen LogP contribution in [0, 0.1) is 10.8 Å². The molecule has 7 rings (SSSR count). The van der Waals surface area contributed by atoms with E-state index in [0.717, 1.165) is 55.9 Å². The van der Waals surface area contributed by atoms with E-state index in [4.69, 9.17) is 9.47 Å². The summed E-state index contributed by atoms with van der Waals surface area (Å²) in [6.07, 6.45) is -0.549. The Morgan fingerprint density at radius 2 is 0.930 bits per heavy atom. The molecule has 0 aliphatic heterocycles. The Hall–Kier alpha value is -5.28. The maximum absolute atomic E-state index is 7.75. The average molecular weight is 756 g/mol. The molecule has 0 radical (unpaired) electrons. The van der Waals surface area contributed by atoms with Crippen LogP contribution in [0.2, 0.25) is 0 Å². The lowest BCUT2D eigenvalue weighted by molar-refractivity contribution is 0.0616. The number of nitrogens with zero attached hydrogens (tertiary/aromatic N) is 1. The molecule has 7 aromatic rings. The predicted octanol–water partition coefficient (Wildman–Crippen LogP) is 15.4. The zero-order valence-corrected chi connectivity index (χ0v) is 36.2. The number of benzene rings is 6. The van der Waals surface area contributed by atoms with Gasteiger partial charge in [-0.1, -0.05) is 204 Å². The first kappa shape index (κ1) is 39.9. The largest absolute Gasteiger partial charge is 0.481 e. The van der Waals surface area contributed by atoms with Crippen molar-refractivity contribution in [2.24, 2.45) is 10.8 Å². The summed E-state index contributed by atoms with van der Waals surface area (Å²) in [5.74, 6) is 1.49. The van der Waals surface area contributed by atoms with Gasteiger partial charge < -0.3 is 14.0 Å². The lowest BCUT2D eigenvalue weighted by atomic mass is 9.80. The highest BCUT2D eigenvalue weighted by molar-refractivity contribution is 6.16. The highest BCUT2D eigenvalue weighted by atomic mass is 16.5. The van der Waals surface area contributed by atoms with Gasteiger partial charge in [-0.15, -0.1) is 0 Å². The molecule has 0 aliphatic rings. The Kier molecular flexibility index (Phi) is 10.4. The van der Waals surface area contributed by atoms with Crippen LogP contribution in [0.5, 0.6) is 11.5 Å². The molecule has 6 aromatic carbocycles. The van der Waals surface area contributed by atoms with Crippen molar-refractivity contribution in [3.63, 3.8) is 0 Å². The number of hydrogen-bond acceptors (Lipinski definition) is 2. The van der Waals surface area contributed by atoms with E-state index in [2.05, 4.69) is 227 Å². The Morgan fingerprint density at radius 1 is 0.456 bits per heavy atom. The zero-order chi connectivity index (χ0) is 40.9. The van der Waals surface area contributed by atoms with Gasteiger partial charge in [-0.3, -0.25) is 0 Å². The molecule has 0 N–H and O–H groups in total. The van der Waals surface area contributed by atoms with Gasteiger partial charge in [0, 0.05) is 27.3 Å². The van der Waals surface area contributed by atoms with Gasteiger partial charge in [-0.2, -0.15) is 0 Å². The molecule has 0 amide bonds. The van der Waals surface area contributed by atoms with E-state index in [1.54, 1.807) is 0 Å². The first-order valence-electron chi connectivity index (χ1n) is 20.6. The smallest absolute Gasteiger partial charge is 0.172 e. The van der Waals surface area contributed by atoms with Crippen molar-refractivity contribution < 1.29 is 9.47 Å². The second-order valence-electron chi connectivity index (χ2n) is 19.9. The maximum Gasteiger partial charge on any atom is 0.172 e. The molecular formula is C54H61NO2. The second kappa shape index (κ2) is 14.9. The molecule has 57 heavy (non-hydrogen) atoms. The van der Waals surface area contributed by atoms with Crippen molar-refractivity contribution in [2.45, 2.75) is 106 Å². The molecule has 0 spiro atoms. The zero-order valence-electron chi connectivity index (χ0n) is 36.2. The van der Waals surface area contributed by atoms with Gasteiger partial charge in [-0.05, 0) is 56.8 Å². The van der Waals surface area contributed by atoms with E-state index < -0.39 is 0 Å². The van der Waals surface area contributed by atoms with Crippen LogP contribution in [-0.4, -0.2) is 4.57 Å². The van der Waals surface area contributed by atoms with Crippen LogP contribution in [0.3, 0.4) is 0 Å². The molecule has 0 aliphatic carbocycles. The SMILES string of the molecule is CC(C)(C)c1ccccc1-c1c(OC(c2ccccc2)C(C)(C)C)c(OC(c2ccccc2)C(C)(C)C)cc2c3ccccc3n(-c3ccccc3C(C)(C)C)c12. The van der Waals surface area contributed by atoms with E-state index in [-0.39, 0.29) is 33.9 Å². The molecule has 2 atom stereocenters. The minimum absolute atomic E-state index is 0.111. The van der Waals surface area contributed by atoms with Gasteiger partial charge in [0.2, 0.25) is 0 Å². The molecule has 2 unspecified atom stereocenters. The summed E-state index contributed by atoms with van der Waals surface area (Å²) in [5, 5.41) is 2.30. The third-order valence-electron chi connectivity index (χ3n) is 11.1. The maximum atomic E-state index is 7.75. The molecule has 0 saturated carbocycles. The summed E-state index contributed by atoms with van der Waals surface area (Å²) in [5.41, 5.74) is 9.60. The van der Waals surface area contributed by atoms with Crippen LogP contribution >= 0.6 is 0 Å². The molecule has 0 bridgehead atoms. The van der Waals surface area contributed by atoms with Crippen molar-refractivity contribution in [3.8, 4) is 28.3 Å². The Morgan fingerprint density at radius 3 is 1.49 bits per heavy atom. The number of ether oxygens (including phenoxy) is 2. The van der Waals surface area contributed by atoms with E-state index in [1.807, 2.05) is 0 Å². The van der Waals surface area contributed by atoms with E-state index in [1.165, 1.54) is 16.5 Å². The van der Waals surface area contributed by atoms with Crippen LogP contribution < -0.4 is 9.47 Å². The van der Waals surface area contributed by atoms with Crippen LogP contribution in [-0.2, 0) is 10.8 Å². The van der Waals surface area contributed by atoms with E-state index in [9.17, 15) is 0 Å². The molecule has 1 heterocycles. The summed E-state index contributed by atoms with van der Waals surface area (Å²) in [6.45, 7) is 27.4. The van der Waals surface area contributed by atoms with Crippen molar-refractivity contribution in [3.05, 3.63) is 162 Å². The van der Waals surface area contributed by atoms with Crippen molar-refractivity contribution in [1.82, 2.24) is 4.57 Å². The standard InChI is InChI=1S/C54H61NO2/c1-51(2,3)41-31-21-19-30-39(41)46-47-40(38-29-20-23-33-43(38)55(47)44-34-24-22-32-42(44)52(4,5)6)35-45(56-49(53(7,8)9)36-25-15-13-16-26-36)48(46)57-50(54(10,11)12)37-27-17-14-18-28-37/h13-35,49-50H,1-12H3. The fourth-order valence-electron chi connectivity index (χ4n) is 8.44. The van der Waals surface area contributed by atoms with Gasteiger partial charge in [0.15, 0.2) is 11.5 Å². The summed E-state index contributed by atoms with van der Waals surface area (Å²) >= 11 is 0. The van der Waals surface area contributed by atoms with Crippen molar-refractivity contribution in [1.29, 1.82) is 0 Å². The molecule has 1 aromatic heterocycles. The van der Waals surface area contributed by atoms with Crippen LogP contribution in [0.4, 0.5) is 0 Å². The minimum Gasteiger partial charge on any atom is -0.481 e. The lowest BCUT2D eigenvalue weighted by Crippen LogP contribution is -2.26. The highest BCUT2D eigenvalue weighted by Crippen LogP contribution is 2.54. The quantitative estimate of drug-likeness (QED) is 0.154. The molecular weight excluding hydrogens is 695 g/mol. The van der Waals surface area contributed by atoms with Gasteiger partial charge in [0.25, 0.3) is 0 Å². The molecule has 3 heteroatoms. The summed E-state index contributed by atoms with van der Waals surface area (Å²) in [4.78, 5) is 0. The lowest BCUT2D eigenvalue weighted by Gasteiger charge is -2.36. The number of fused-ring (bicyclic) bond motifs is 3. The van der Waals surface area contributed by atoms with Gasteiger partial charge in [0.05, 0.1) is 16.6 Å². The van der Waals surface area contributed by atoms with Crippen LogP contribution in [0.1, 0.15) is 118 Å². The van der Waals surface area contributed by atoms with Gasteiger partial charge in [-0.25, -0.2) is 0 Å². The first-order valence-corrected chi connectivity index (χ1v) is 20.6. The van der Waals surface area contributed by atoms with Crippen molar-refractivity contribution in [2.75, 3.05) is 0 Å². The molecule has 3 nitrogen and oxygen atoms in total. The highest BCUT2D eigenvalue weighted by Gasteiger charge is 2.36. The fraction of sp³-hybridized carbons (Fsp3) is 0.333.